The summed E-state index contributed by atoms with van der Waals surface area (Å²) >= 11 is 0. The molecule has 0 amide bonds. The largest absolute Gasteiger partial charge is 0.466 e. The minimum absolute atomic E-state index is 0.00111. The van der Waals surface area contributed by atoms with Crippen molar-refractivity contribution in [1.82, 2.24) is 0 Å². The van der Waals surface area contributed by atoms with Gasteiger partial charge in [0.15, 0.2) is 14.3 Å². The summed E-state index contributed by atoms with van der Waals surface area (Å²) in [5.41, 5.74) is 0. The SMILES string of the molecule is CCOC(=O)[C@@H]1C[C@]1(P(=O)(OCC)OCC)S(=O)(=O)c1ccccc1. The average Bonchev–Trinajstić information content (AvgIpc) is 3.35. The Kier molecular flexibility index (Phi) is 6.09. The molecule has 140 valence electrons. The first kappa shape index (κ1) is 20.1. The van der Waals surface area contributed by atoms with E-state index < -0.39 is 33.8 Å². The van der Waals surface area contributed by atoms with E-state index in [1.807, 2.05) is 0 Å². The molecule has 0 aliphatic heterocycles. The molecule has 1 aromatic rings. The maximum Gasteiger partial charge on any atom is 0.353 e. The zero-order valence-corrected chi connectivity index (χ0v) is 16.2. The van der Waals surface area contributed by atoms with Crippen LogP contribution in [0.2, 0.25) is 0 Å². The van der Waals surface area contributed by atoms with Crippen LogP contribution in [-0.2, 0) is 33.0 Å². The predicted molar refractivity (Wildman–Crippen MR) is 92.0 cm³/mol. The van der Waals surface area contributed by atoms with Crippen LogP contribution in [0.25, 0.3) is 0 Å². The first-order chi connectivity index (χ1) is 11.8. The number of hydrogen-bond donors (Lipinski definition) is 0. The van der Waals surface area contributed by atoms with Gasteiger partial charge in [-0.1, -0.05) is 18.2 Å². The van der Waals surface area contributed by atoms with E-state index in [1.54, 1.807) is 39.0 Å². The molecule has 1 aliphatic carbocycles. The Balaban J connectivity index is 2.60. The van der Waals surface area contributed by atoms with Crippen LogP contribution in [0.1, 0.15) is 27.2 Å². The zero-order valence-electron chi connectivity index (χ0n) is 14.5. The Morgan fingerprint density at radius 1 is 1.12 bits per heavy atom. The minimum Gasteiger partial charge on any atom is -0.466 e. The molecular weight excluding hydrogens is 367 g/mol. The number of benzene rings is 1. The first-order valence-corrected chi connectivity index (χ1v) is 11.2. The van der Waals surface area contributed by atoms with E-state index in [0.29, 0.717) is 0 Å². The van der Waals surface area contributed by atoms with Crippen LogP contribution in [0.3, 0.4) is 0 Å². The van der Waals surface area contributed by atoms with Crippen LogP contribution in [0.5, 0.6) is 0 Å². The lowest BCUT2D eigenvalue weighted by atomic mass is 10.4. The Morgan fingerprint density at radius 3 is 2.16 bits per heavy atom. The molecule has 0 aromatic heterocycles. The van der Waals surface area contributed by atoms with Gasteiger partial charge in [0, 0.05) is 0 Å². The van der Waals surface area contributed by atoms with Gasteiger partial charge in [0.25, 0.3) is 0 Å². The van der Waals surface area contributed by atoms with Crippen LogP contribution in [0, 0.1) is 5.92 Å². The summed E-state index contributed by atoms with van der Waals surface area (Å²) in [4.78, 5) is 12.2. The Morgan fingerprint density at radius 2 is 1.68 bits per heavy atom. The lowest BCUT2D eigenvalue weighted by Crippen LogP contribution is -2.31. The maximum absolute atomic E-state index is 13.4. The number of carbonyl (C=O) groups is 1. The Bertz CT molecular complexity index is 752. The van der Waals surface area contributed by atoms with Gasteiger partial charge in [-0.25, -0.2) is 8.42 Å². The third-order valence-electron chi connectivity index (χ3n) is 4.03. The molecule has 0 unspecified atom stereocenters. The molecular formula is C16H23O7PS. The van der Waals surface area contributed by atoms with Crippen LogP contribution in [0.4, 0.5) is 0 Å². The first-order valence-electron chi connectivity index (χ1n) is 8.16. The number of hydrogen-bond acceptors (Lipinski definition) is 7. The molecule has 0 radical (unpaired) electrons. The summed E-state index contributed by atoms with van der Waals surface area (Å²) in [6.45, 7) is 4.91. The van der Waals surface area contributed by atoms with E-state index in [-0.39, 0.29) is 31.1 Å². The molecule has 0 heterocycles. The lowest BCUT2D eigenvalue weighted by molar-refractivity contribution is -0.144. The van der Waals surface area contributed by atoms with Crippen molar-refractivity contribution in [3.05, 3.63) is 30.3 Å². The number of sulfone groups is 1. The summed E-state index contributed by atoms with van der Waals surface area (Å²) < 4.78 is 53.6. The van der Waals surface area contributed by atoms with E-state index in [1.165, 1.54) is 12.1 Å². The molecule has 0 spiro atoms. The van der Waals surface area contributed by atoms with Crippen molar-refractivity contribution in [3.8, 4) is 0 Å². The van der Waals surface area contributed by atoms with Crippen molar-refractivity contribution in [2.24, 2.45) is 5.92 Å². The number of carbonyl (C=O) groups excluding carboxylic acids is 1. The normalized spacial score (nSPS) is 23.2. The standard InChI is InChI=1S/C16H23O7PS/c1-4-21-15(17)14-12-16(14,24(18,22-5-2)23-6-3)25(19,20)13-10-8-7-9-11-13/h7-11,14H,4-6,12H2,1-3H3/t14-,16-/m0/s1. The van der Waals surface area contributed by atoms with Crippen molar-refractivity contribution >= 4 is 23.4 Å². The second-order valence-corrected chi connectivity index (χ2v) is 10.3. The fourth-order valence-electron chi connectivity index (χ4n) is 2.89. The van der Waals surface area contributed by atoms with Crippen molar-refractivity contribution in [2.45, 2.75) is 36.6 Å². The fraction of sp³-hybridized carbons (Fsp3) is 0.562. The third kappa shape index (κ3) is 3.28. The zero-order chi connectivity index (χ0) is 18.7. The molecule has 9 heteroatoms. The van der Waals surface area contributed by atoms with Gasteiger partial charge in [0.05, 0.1) is 30.6 Å². The van der Waals surface area contributed by atoms with Gasteiger partial charge < -0.3 is 13.8 Å². The summed E-state index contributed by atoms with van der Waals surface area (Å²) in [6, 6.07) is 7.61. The van der Waals surface area contributed by atoms with Gasteiger partial charge in [-0.2, -0.15) is 0 Å². The van der Waals surface area contributed by atoms with Crippen LogP contribution in [0.15, 0.2) is 35.2 Å². The molecule has 0 bridgehead atoms. The smallest absolute Gasteiger partial charge is 0.353 e. The molecule has 25 heavy (non-hydrogen) atoms. The van der Waals surface area contributed by atoms with Gasteiger partial charge in [-0.15, -0.1) is 0 Å². The van der Waals surface area contributed by atoms with Gasteiger partial charge in [0.2, 0.25) is 0 Å². The molecule has 1 fully saturated rings. The fourth-order valence-corrected chi connectivity index (χ4v) is 8.57. The molecule has 0 saturated heterocycles. The Hall–Kier alpha value is -1.21. The highest BCUT2D eigenvalue weighted by Crippen LogP contribution is 2.77. The number of rotatable bonds is 9. The van der Waals surface area contributed by atoms with E-state index in [4.69, 9.17) is 13.8 Å². The molecule has 1 aliphatic rings. The van der Waals surface area contributed by atoms with Gasteiger partial charge in [0.1, 0.15) is 0 Å². The summed E-state index contributed by atoms with van der Waals surface area (Å²) in [5.74, 6) is -1.79. The van der Waals surface area contributed by atoms with Crippen LogP contribution in [-0.4, -0.2) is 38.7 Å². The van der Waals surface area contributed by atoms with Gasteiger partial charge in [-0.3, -0.25) is 9.36 Å². The molecule has 1 aromatic carbocycles. The second kappa shape index (κ2) is 7.58. The topological polar surface area (TPSA) is 96.0 Å². The minimum atomic E-state index is -4.16. The van der Waals surface area contributed by atoms with Crippen LogP contribution >= 0.6 is 7.60 Å². The van der Waals surface area contributed by atoms with Crippen molar-refractivity contribution < 1.29 is 31.6 Å². The molecule has 2 atom stereocenters. The summed E-state index contributed by atoms with van der Waals surface area (Å²) in [6.07, 6.45) is -0.152. The molecule has 0 N–H and O–H groups in total. The van der Waals surface area contributed by atoms with E-state index in [9.17, 15) is 17.8 Å². The van der Waals surface area contributed by atoms with Crippen LogP contribution < -0.4 is 0 Å². The Labute approximate surface area is 148 Å². The highest BCUT2D eigenvalue weighted by molar-refractivity contribution is 8.00. The monoisotopic (exact) mass is 390 g/mol. The average molecular weight is 390 g/mol. The highest BCUT2D eigenvalue weighted by atomic mass is 32.2. The van der Waals surface area contributed by atoms with E-state index >= 15 is 0 Å². The summed E-state index contributed by atoms with van der Waals surface area (Å²) in [5, 5.41) is 0. The summed E-state index contributed by atoms with van der Waals surface area (Å²) in [7, 11) is -8.28. The molecule has 7 nitrogen and oxygen atoms in total. The van der Waals surface area contributed by atoms with Gasteiger partial charge in [-0.05, 0) is 39.3 Å². The molecule has 1 saturated carbocycles. The number of ether oxygens (including phenoxy) is 1. The third-order valence-corrected chi connectivity index (χ3v) is 10.3. The van der Waals surface area contributed by atoms with Gasteiger partial charge >= 0.3 is 13.6 Å². The van der Waals surface area contributed by atoms with E-state index in [2.05, 4.69) is 0 Å². The number of esters is 1. The second-order valence-electron chi connectivity index (χ2n) is 5.50. The van der Waals surface area contributed by atoms with Crippen molar-refractivity contribution in [2.75, 3.05) is 19.8 Å². The maximum atomic E-state index is 13.4. The van der Waals surface area contributed by atoms with E-state index in [0.717, 1.165) is 0 Å². The van der Waals surface area contributed by atoms with Crippen molar-refractivity contribution in [1.29, 1.82) is 0 Å². The highest BCUT2D eigenvalue weighted by Gasteiger charge is 2.79. The molecule has 2 rings (SSSR count). The lowest BCUT2D eigenvalue weighted by Gasteiger charge is -2.27. The quantitative estimate of drug-likeness (QED) is 0.472. The predicted octanol–water partition coefficient (Wildman–Crippen LogP) is 3.01. The van der Waals surface area contributed by atoms with Crippen molar-refractivity contribution in [3.63, 3.8) is 0 Å².